The molecule has 0 fully saturated rings. The van der Waals surface area contributed by atoms with Gasteiger partial charge in [-0.2, -0.15) is 0 Å². The molecule has 0 aliphatic heterocycles. The second-order valence-corrected chi connectivity index (χ2v) is 5.55. The van der Waals surface area contributed by atoms with Crippen molar-refractivity contribution < 1.29 is 13.9 Å². The Bertz CT molecular complexity index is 596. The number of hydrogen-bond donors (Lipinski definition) is 1. The van der Waals surface area contributed by atoms with Crippen molar-refractivity contribution in [2.45, 2.75) is 18.9 Å². The molecule has 0 bridgehead atoms. The van der Waals surface area contributed by atoms with Crippen LogP contribution in [0.3, 0.4) is 0 Å². The van der Waals surface area contributed by atoms with Crippen LogP contribution in [0.25, 0.3) is 0 Å². The lowest BCUT2D eigenvalue weighted by atomic mass is 9.89. The third kappa shape index (κ3) is 3.39. The molecule has 0 spiro atoms. The lowest BCUT2D eigenvalue weighted by molar-refractivity contribution is 0.0571. The Kier molecular flexibility index (Phi) is 4.02. The van der Waals surface area contributed by atoms with Crippen molar-refractivity contribution >= 4 is 15.9 Å². The van der Waals surface area contributed by atoms with Crippen LogP contribution in [-0.4, -0.2) is 5.11 Å². The molecule has 0 aliphatic rings. The summed E-state index contributed by atoms with van der Waals surface area (Å²) < 4.78 is 26.8. The smallest absolute Gasteiger partial charge is 0.124 e. The average molecular weight is 327 g/mol. The van der Waals surface area contributed by atoms with Crippen molar-refractivity contribution in [3.8, 4) is 0 Å². The standard InChI is InChI=1S/C15H13BrF2O/c1-15(19,11-3-2-4-12(17)7-11)9-10-5-6-13(18)8-14(10)16/h2-8,19H,9H2,1H3. The van der Waals surface area contributed by atoms with Gasteiger partial charge < -0.3 is 5.11 Å². The summed E-state index contributed by atoms with van der Waals surface area (Å²) in [6, 6.07) is 10.1. The van der Waals surface area contributed by atoms with Crippen molar-refractivity contribution in [3.05, 3.63) is 69.7 Å². The van der Waals surface area contributed by atoms with Crippen LogP contribution in [0.4, 0.5) is 8.78 Å². The zero-order valence-electron chi connectivity index (χ0n) is 10.3. The van der Waals surface area contributed by atoms with E-state index in [4.69, 9.17) is 0 Å². The maximum Gasteiger partial charge on any atom is 0.124 e. The van der Waals surface area contributed by atoms with Gasteiger partial charge in [0.2, 0.25) is 0 Å². The van der Waals surface area contributed by atoms with Gasteiger partial charge in [0, 0.05) is 10.9 Å². The number of benzene rings is 2. The second kappa shape index (κ2) is 5.39. The van der Waals surface area contributed by atoms with Crippen LogP contribution in [0.15, 0.2) is 46.9 Å². The monoisotopic (exact) mass is 326 g/mol. The Morgan fingerprint density at radius 3 is 2.42 bits per heavy atom. The van der Waals surface area contributed by atoms with Gasteiger partial charge in [-0.25, -0.2) is 8.78 Å². The van der Waals surface area contributed by atoms with Crippen molar-refractivity contribution in [3.63, 3.8) is 0 Å². The highest BCUT2D eigenvalue weighted by atomic mass is 79.9. The molecule has 100 valence electrons. The molecule has 0 heterocycles. The molecule has 1 nitrogen and oxygen atoms in total. The normalized spacial score (nSPS) is 14.2. The zero-order valence-corrected chi connectivity index (χ0v) is 11.9. The molecule has 1 unspecified atom stereocenters. The molecule has 4 heteroatoms. The largest absolute Gasteiger partial charge is 0.385 e. The number of halogens is 3. The Morgan fingerprint density at radius 2 is 1.79 bits per heavy atom. The molecule has 2 aromatic carbocycles. The SMILES string of the molecule is CC(O)(Cc1ccc(F)cc1Br)c1cccc(F)c1. The van der Waals surface area contributed by atoms with Gasteiger partial charge in [0.05, 0.1) is 5.60 Å². The van der Waals surface area contributed by atoms with E-state index in [9.17, 15) is 13.9 Å². The third-order valence-corrected chi connectivity index (χ3v) is 3.73. The van der Waals surface area contributed by atoms with E-state index in [0.29, 0.717) is 10.0 Å². The summed E-state index contributed by atoms with van der Waals surface area (Å²) in [7, 11) is 0. The molecule has 0 saturated heterocycles. The summed E-state index contributed by atoms with van der Waals surface area (Å²) in [4.78, 5) is 0. The highest BCUT2D eigenvalue weighted by molar-refractivity contribution is 9.10. The predicted octanol–water partition coefficient (Wildman–Crippen LogP) is 4.18. The number of aliphatic hydroxyl groups is 1. The van der Waals surface area contributed by atoms with Crippen LogP contribution in [0, 0.1) is 11.6 Å². The van der Waals surface area contributed by atoms with Gasteiger partial charge in [0.15, 0.2) is 0 Å². The number of hydrogen-bond acceptors (Lipinski definition) is 1. The molecule has 1 atom stereocenters. The van der Waals surface area contributed by atoms with Gasteiger partial charge >= 0.3 is 0 Å². The minimum atomic E-state index is -1.22. The van der Waals surface area contributed by atoms with E-state index in [1.165, 1.54) is 24.3 Å². The molecule has 0 aromatic heterocycles. The Labute approximate surface area is 119 Å². The Balaban J connectivity index is 2.30. The highest BCUT2D eigenvalue weighted by Gasteiger charge is 2.25. The molecule has 0 amide bonds. The van der Waals surface area contributed by atoms with E-state index in [1.807, 2.05) is 0 Å². The molecular formula is C15H13BrF2O. The third-order valence-electron chi connectivity index (χ3n) is 3.00. The molecule has 19 heavy (non-hydrogen) atoms. The summed E-state index contributed by atoms with van der Waals surface area (Å²) in [5.41, 5.74) is 0.0296. The van der Waals surface area contributed by atoms with Crippen LogP contribution < -0.4 is 0 Å². The van der Waals surface area contributed by atoms with E-state index < -0.39 is 11.4 Å². The molecule has 2 rings (SSSR count). The Morgan fingerprint density at radius 1 is 1.11 bits per heavy atom. The lowest BCUT2D eigenvalue weighted by Crippen LogP contribution is -2.24. The maximum atomic E-state index is 13.2. The average Bonchev–Trinajstić information content (AvgIpc) is 2.33. The summed E-state index contributed by atoms with van der Waals surface area (Å²) in [5, 5.41) is 10.5. The Hall–Kier alpha value is -1.26. The summed E-state index contributed by atoms with van der Waals surface area (Å²) in [5.74, 6) is -0.739. The van der Waals surface area contributed by atoms with Gasteiger partial charge in [0.1, 0.15) is 11.6 Å². The molecular weight excluding hydrogens is 314 g/mol. The quantitative estimate of drug-likeness (QED) is 0.897. The first-order chi connectivity index (χ1) is 8.88. The lowest BCUT2D eigenvalue weighted by Gasteiger charge is -2.24. The van der Waals surface area contributed by atoms with Crippen molar-refractivity contribution in [2.24, 2.45) is 0 Å². The second-order valence-electron chi connectivity index (χ2n) is 4.70. The highest BCUT2D eigenvalue weighted by Crippen LogP contribution is 2.29. The fourth-order valence-corrected chi connectivity index (χ4v) is 2.45. The van der Waals surface area contributed by atoms with Gasteiger partial charge in [-0.05, 0) is 42.3 Å². The van der Waals surface area contributed by atoms with Crippen LogP contribution in [-0.2, 0) is 12.0 Å². The molecule has 0 aliphatic carbocycles. The van der Waals surface area contributed by atoms with Crippen LogP contribution in [0.2, 0.25) is 0 Å². The molecule has 0 radical (unpaired) electrons. The van der Waals surface area contributed by atoms with Crippen molar-refractivity contribution in [1.82, 2.24) is 0 Å². The van der Waals surface area contributed by atoms with E-state index in [0.717, 1.165) is 5.56 Å². The summed E-state index contributed by atoms with van der Waals surface area (Å²) >= 11 is 3.26. The molecule has 2 aromatic rings. The number of rotatable bonds is 3. The summed E-state index contributed by atoms with van der Waals surface area (Å²) in [6.45, 7) is 1.61. The van der Waals surface area contributed by atoms with Crippen LogP contribution in [0.5, 0.6) is 0 Å². The van der Waals surface area contributed by atoms with E-state index in [1.54, 1.807) is 25.1 Å². The minimum absolute atomic E-state index is 0.261. The van der Waals surface area contributed by atoms with Crippen LogP contribution >= 0.6 is 15.9 Å². The minimum Gasteiger partial charge on any atom is -0.385 e. The van der Waals surface area contributed by atoms with E-state index >= 15 is 0 Å². The zero-order chi connectivity index (χ0) is 14.0. The first kappa shape index (κ1) is 14.2. The predicted molar refractivity (Wildman–Crippen MR) is 73.8 cm³/mol. The van der Waals surface area contributed by atoms with Crippen LogP contribution in [0.1, 0.15) is 18.1 Å². The topological polar surface area (TPSA) is 20.2 Å². The van der Waals surface area contributed by atoms with E-state index in [-0.39, 0.29) is 12.2 Å². The molecule has 0 saturated carbocycles. The fourth-order valence-electron chi connectivity index (χ4n) is 1.96. The summed E-state index contributed by atoms with van der Waals surface area (Å²) in [6.07, 6.45) is 0.261. The van der Waals surface area contributed by atoms with Gasteiger partial charge in [-0.15, -0.1) is 0 Å². The van der Waals surface area contributed by atoms with E-state index in [2.05, 4.69) is 15.9 Å². The maximum absolute atomic E-state index is 13.2. The van der Waals surface area contributed by atoms with Crippen molar-refractivity contribution in [1.29, 1.82) is 0 Å². The molecule has 1 N–H and O–H groups in total. The van der Waals surface area contributed by atoms with Gasteiger partial charge in [-0.1, -0.05) is 34.1 Å². The van der Waals surface area contributed by atoms with Gasteiger partial charge in [-0.3, -0.25) is 0 Å². The van der Waals surface area contributed by atoms with Gasteiger partial charge in [0.25, 0.3) is 0 Å². The first-order valence-electron chi connectivity index (χ1n) is 5.81. The van der Waals surface area contributed by atoms with Crippen molar-refractivity contribution in [2.75, 3.05) is 0 Å². The fraction of sp³-hybridized carbons (Fsp3) is 0.200. The first-order valence-corrected chi connectivity index (χ1v) is 6.60.